The number of nitrogen functional groups attached to an aromatic ring is 1. The van der Waals surface area contributed by atoms with E-state index in [9.17, 15) is 5.11 Å². The van der Waals surface area contributed by atoms with E-state index in [1.807, 2.05) is 12.1 Å². The van der Waals surface area contributed by atoms with Crippen LogP contribution in [0.25, 0.3) is 0 Å². The van der Waals surface area contributed by atoms with E-state index in [-0.39, 0.29) is 0 Å². The van der Waals surface area contributed by atoms with Crippen LogP contribution in [0.5, 0.6) is 5.75 Å². The Morgan fingerprint density at radius 2 is 1.80 bits per heavy atom. The van der Waals surface area contributed by atoms with Crippen molar-refractivity contribution in [1.29, 1.82) is 0 Å². The van der Waals surface area contributed by atoms with Crippen molar-refractivity contribution in [2.75, 3.05) is 12.8 Å². The zero-order chi connectivity index (χ0) is 14.7. The molecule has 3 N–H and O–H groups in total. The van der Waals surface area contributed by atoms with Crippen LogP contribution in [-0.4, -0.2) is 12.2 Å². The van der Waals surface area contributed by atoms with Crippen LogP contribution in [0.2, 0.25) is 0 Å². The van der Waals surface area contributed by atoms with Gasteiger partial charge in [0.05, 0.1) is 18.9 Å². The molecule has 0 spiro atoms. The Balaban J connectivity index is 2.26. The van der Waals surface area contributed by atoms with Gasteiger partial charge < -0.3 is 15.6 Å². The lowest BCUT2D eigenvalue weighted by atomic mass is 9.97. The van der Waals surface area contributed by atoms with E-state index in [2.05, 4.69) is 32.0 Å². The van der Waals surface area contributed by atoms with Crippen molar-refractivity contribution >= 4 is 5.69 Å². The molecule has 0 heterocycles. The number of ether oxygens (including phenoxy) is 1. The van der Waals surface area contributed by atoms with Gasteiger partial charge in [-0.15, -0.1) is 0 Å². The van der Waals surface area contributed by atoms with Crippen LogP contribution in [-0.2, 0) is 6.42 Å². The topological polar surface area (TPSA) is 55.5 Å². The molecule has 0 aromatic heterocycles. The average Bonchev–Trinajstić information content (AvgIpc) is 2.37. The van der Waals surface area contributed by atoms with E-state index < -0.39 is 6.10 Å². The van der Waals surface area contributed by atoms with Gasteiger partial charge in [0.25, 0.3) is 0 Å². The van der Waals surface area contributed by atoms with Gasteiger partial charge in [-0.05, 0) is 25.5 Å². The number of anilines is 1. The normalized spacial score (nSPS) is 12.2. The third-order valence-electron chi connectivity index (χ3n) is 3.39. The minimum atomic E-state index is -0.633. The highest BCUT2D eigenvalue weighted by Crippen LogP contribution is 2.31. The molecule has 0 fully saturated rings. The summed E-state index contributed by atoms with van der Waals surface area (Å²) in [4.78, 5) is 0. The highest BCUT2D eigenvalue weighted by atomic mass is 16.5. The molecule has 0 bridgehead atoms. The second-order valence-electron chi connectivity index (χ2n) is 5.18. The molecule has 0 saturated carbocycles. The maximum absolute atomic E-state index is 10.4. The molecule has 1 unspecified atom stereocenters. The number of para-hydroxylation sites is 1. The lowest BCUT2D eigenvalue weighted by molar-refractivity contribution is 0.179. The number of hydrogen-bond acceptors (Lipinski definition) is 3. The van der Waals surface area contributed by atoms with Crippen LogP contribution in [0.3, 0.4) is 0 Å². The molecule has 0 saturated heterocycles. The third kappa shape index (κ3) is 3.11. The molecule has 0 aliphatic rings. The molecule has 106 valence electrons. The third-order valence-corrected chi connectivity index (χ3v) is 3.39. The summed E-state index contributed by atoms with van der Waals surface area (Å²) in [5, 5.41) is 10.4. The number of nitrogens with two attached hydrogens (primary N) is 1. The highest BCUT2D eigenvalue weighted by molar-refractivity contribution is 5.59. The van der Waals surface area contributed by atoms with Crippen molar-refractivity contribution in [2.24, 2.45) is 0 Å². The monoisotopic (exact) mass is 271 g/mol. The van der Waals surface area contributed by atoms with Crippen LogP contribution in [0.15, 0.2) is 36.4 Å². The summed E-state index contributed by atoms with van der Waals surface area (Å²) in [5.41, 5.74) is 10.7. The predicted molar refractivity (Wildman–Crippen MR) is 82.0 cm³/mol. The standard InChI is InChI=1S/C17H21NO2/c1-11-7-12(2)9-13(8-11)10-15(19)14-5-4-6-16(20-3)17(14)18/h4-9,15,19H,10,18H2,1-3H3. The van der Waals surface area contributed by atoms with Gasteiger partial charge in [-0.25, -0.2) is 0 Å². The summed E-state index contributed by atoms with van der Waals surface area (Å²) in [6, 6.07) is 11.8. The average molecular weight is 271 g/mol. The summed E-state index contributed by atoms with van der Waals surface area (Å²) >= 11 is 0. The molecular weight excluding hydrogens is 250 g/mol. The molecule has 2 aromatic rings. The molecule has 0 radical (unpaired) electrons. The molecule has 20 heavy (non-hydrogen) atoms. The van der Waals surface area contributed by atoms with Crippen LogP contribution < -0.4 is 10.5 Å². The van der Waals surface area contributed by atoms with Gasteiger partial charge in [-0.3, -0.25) is 0 Å². The maximum Gasteiger partial charge on any atom is 0.142 e. The second kappa shape index (κ2) is 5.97. The van der Waals surface area contributed by atoms with E-state index in [0.29, 0.717) is 23.4 Å². The maximum atomic E-state index is 10.4. The van der Waals surface area contributed by atoms with Crippen molar-refractivity contribution in [1.82, 2.24) is 0 Å². The van der Waals surface area contributed by atoms with Gasteiger partial charge >= 0.3 is 0 Å². The fourth-order valence-corrected chi connectivity index (χ4v) is 2.55. The van der Waals surface area contributed by atoms with Crippen LogP contribution in [0.1, 0.15) is 28.4 Å². The number of benzene rings is 2. The molecule has 0 aliphatic heterocycles. The molecule has 2 aromatic carbocycles. The number of hydrogen-bond donors (Lipinski definition) is 2. The molecule has 2 rings (SSSR count). The lowest BCUT2D eigenvalue weighted by Gasteiger charge is -2.16. The van der Waals surface area contributed by atoms with Crippen molar-refractivity contribution in [2.45, 2.75) is 26.4 Å². The zero-order valence-corrected chi connectivity index (χ0v) is 12.2. The lowest BCUT2D eigenvalue weighted by Crippen LogP contribution is -2.07. The Hall–Kier alpha value is -2.00. The van der Waals surface area contributed by atoms with Gasteiger partial charge in [0, 0.05) is 12.0 Å². The second-order valence-corrected chi connectivity index (χ2v) is 5.18. The minimum Gasteiger partial charge on any atom is -0.495 e. The fourth-order valence-electron chi connectivity index (χ4n) is 2.55. The number of aliphatic hydroxyl groups excluding tert-OH is 1. The summed E-state index contributed by atoms with van der Waals surface area (Å²) in [6.45, 7) is 4.12. The fraction of sp³-hybridized carbons (Fsp3) is 0.294. The first-order valence-electron chi connectivity index (χ1n) is 6.69. The molecule has 3 nitrogen and oxygen atoms in total. The highest BCUT2D eigenvalue weighted by Gasteiger charge is 2.14. The Morgan fingerprint density at radius 1 is 1.15 bits per heavy atom. The van der Waals surface area contributed by atoms with Crippen LogP contribution >= 0.6 is 0 Å². The number of aliphatic hydroxyl groups is 1. The predicted octanol–water partition coefficient (Wildman–Crippen LogP) is 3.17. The Kier molecular flexibility index (Phi) is 4.30. The smallest absolute Gasteiger partial charge is 0.142 e. The largest absolute Gasteiger partial charge is 0.495 e. The molecule has 3 heteroatoms. The number of methoxy groups -OCH3 is 1. The van der Waals surface area contributed by atoms with E-state index in [4.69, 9.17) is 10.5 Å². The van der Waals surface area contributed by atoms with E-state index >= 15 is 0 Å². The zero-order valence-electron chi connectivity index (χ0n) is 12.2. The van der Waals surface area contributed by atoms with Gasteiger partial charge in [0.1, 0.15) is 5.75 Å². The Bertz CT molecular complexity index is 588. The van der Waals surface area contributed by atoms with Crippen LogP contribution in [0.4, 0.5) is 5.69 Å². The van der Waals surface area contributed by atoms with Gasteiger partial charge in [-0.1, -0.05) is 41.5 Å². The van der Waals surface area contributed by atoms with E-state index in [1.165, 1.54) is 11.1 Å². The van der Waals surface area contributed by atoms with Crippen molar-refractivity contribution < 1.29 is 9.84 Å². The van der Waals surface area contributed by atoms with Crippen LogP contribution in [0, 0.1) is 13.8 Å². The first-order valence-corrected chi connectivity index (χ1v) is 6.69. The van der Waals surface area contributed by atoms with Gasteiger partial charge in [0.2, 0.25) is 0 Å². The first kappa shape index (κ1) is 14.4. The SMILES string of the molecule is COc1cccc(C(O)Cc2cc(C)cc(C)c2)c1N. The number of aryl methyl sites for hydroxylation is 2. The molecule has 0 aliphatic carbocycles. The Labute approximate surface area is 120 Å². The summed E-state index contributed by atoms with van der Waals surface area (Å²) in [7, 11) is 1.58. The summed E-state index contributed by atoms with van der Waals surface area (Å²) in [6.07, 6.45) is -0.0915. The minimum absolute atomic E-state index is 0.506. The quantitative estimate of drug-likeness (QED) is 0.840. The molecule has 1 atom stereocenters. The summed E-state index contributed by atoms with van der Waals surface area (Å²) in [5.74, 6) is 0.599. The van der Waals surface area contributed by atoms with Crippen molar-refractivity contribution in [3.05, 3.63) is 58.7 Å². The van der Waals surface area contributed by atoms with E-state index in [0.717, 1.165) is 5.56 Å². The molecule has 0 amide bonds. The van der Waals surface area contributed by atoms with Crippen molar-refractivity contribution in [3.63, 3.8) is 0 Å². The van der Waals surface area contributed by atoms with Gasteiger partial charge in [-0.2, -0.15) is 0 Å². The van der Waals surface area contributed by atoms with Crippen molar-refractivity contribution in [3.8, 4) is 5.75 Å². The number of rotatable bonds is 4. The Morgan fingerprint density at radius 3 is 2.40 bits per heavy atom. The summed E-state index contributed by atoms with van der Waals surface area (Å²) < 4.78 is 5.19. The molecular formula is C17H21NO2. The van der Waals surface area contributed by atoms with Gasteiger partial charge in [0.15, 0.2) is 0 Å². The first-order chi connectivity index (χ1) is 9.51. The van der Waals surface area contributed by atoms with E-state index in [1.54, 1.807) is 13.2 Å².